The molecule has 0 atom stereocenters. The Kier molecular flexibility index (Phi) is 2.11. The van der Waals surface area contributed by atoms with Gasteiger partial charge in [0.25, 0.3) is 0 Å². The number of hydrogen-bond acceptors (Lipinski definition) is 3. The van der Waals surface area contributed by atoms with E-state index < -0.39 is 0 Å². The van der Waals surface area contributed by atoms with Crippen molar-refractivity contribution in [2.75, 3.05) is 7.11 Å². The zero-order chi connectivity index (χ0) is 9.42. The number of halogens is 1. The number of nitrogens with zero attached hydrogens (tertiary/aromatic N) is 2. The summed E-state index contributed by atoms with van der Waals surface area (Å²) in [5.41, 5.74) is 1.57. The molecule has 70 valence electrons. The van der Waals surface area contributed by atoms with Crippen molar-refractivity contribution in [2.24, 2.45) is 0 Å². The van der Waals surface area contributed by atoms with Gasteiger partial charge in [0.1, 0.15) is 10.2 Å². The molecule has 0 amide bonds. The molecule has 2 rings (SSSR count). The van der Waals surface area contributed by atoms with Crippen molar-refractivity contribution in [1.29, 1.82) is 0 Å². The third-order valence-electron chi connectivity index (χ3n) is 2.19. The average molecular weight is 245 g/mol. The highest BCUT2D eigenvalue weighted by molar-refractivity contribution is 9.10. The molecule has 1 aliphatic rings. The van der Waals surface area contributed by atoms with Gasteiger partial charge >= 0.3 is 5.97 Å². The summed E-state index contributed by atoms with van der Waals surface area (Å²) in [6, 6.07) is 0. The fourth-order valence-corrected chi connectivity index (χ4v) is 2.19. The van der Waals surface area contributed by atoms with E-state index in [0.717, 1.165) is 25.1 Å². The molecule has 0 saturated carbocycles. The Morgan fingerprint density at radius 2 is 2.46 bits per heavy atom. The van der Waals surface area contributed by atoms with Gasteiger partial charge in [-0.25, -0.2) is 4.79 Å². The smallest absolute Gasteiger partial charge is 0.342 e. The van der Waals surface area contributed by atoms with Crippen molar-refractivity contribution in [1.82, 2.24) is 9.78 Å². The largest absolute Gasteiger partial charge is 0.465 e. The predicted octanol–water partition coefficient (Wildman–Crippen LogP) is 1.38. The highest BCUT2D eigenvalue weighted by atomic mass is 79.9. The van der Waals surface area contributed by atoms with Gasteiger partial charge in [-0.05, 0) is 28.8 Å². The lowest BCUT2D eigenvalue weighted by molar-refractivity contribution is 0.0598. The monoisotopic (exact) mass is 244 g/mol. The van der Waals surface area contributed by atoms with Crippen LogP contribution in [0.15, 0.2) is 4.60 Å². The highest BCUT2D eigenvalue weighted by Gasteiger charge is 2.25. The number of ether oxygens (including phenoxy) is 1. The number of carbonyl (C=O) groups is 1. The van der Waals surface area contributed by atoms with Crippen molar-refractivity contribution in [2.45, 2.75) is 19.4 Å². The second kappa shape index (κ2) is 3.14. The van der Waals surface area contributed by atoms with Gasteiger partial charge in [0.2, 0.25) is 0 Å². The molecule has 0 saturated heterocycles. The summed E-state index contributed by atoms with van der Waals surface area (Å²) in [6.45, 7) is 0.894. The molecule has 4 nitrogen and oxygen atoms in total. The first-order chi connectivity index (χ1) is 6.24. The Hall–Kier alpha value is -0.840. The van der Waals surface area contributed by atoms with Crippen LogP contribution >= 0.6 is 15.9 Å². The molecule has 1 aromatic rings. The third-order valence-corrected chi connectivity index (χ3v) is 2.74. The Morgan fingerprint density at radius 1 is 1.69 bits per heavy atom. The SMILES string of the molecule is COC(=O)c1c(Br)nn2c1CCC2. The number of rotatable bonds is 1. The Morgan fingerprint density at radius 3 is 3.15 bits per heavy atom. The second-order valence-electron chi connectivity index (χ2n) is 2.93. The van der Waals surface area contributed by atoms with Crippen LogP contribution in [-0.2, 0) is 17.7 Å². The first-order valence-corrected chi connectivity index (χ1v) is 4.87. The Balaban J connectivity index is 2.50. The number of carbonyl (C=O) groups excluding carboxylic acids is 1. The first-order valence-electron chi connectivity index (χ1n) is 4.07. The van der Waals surface area contributed by atoms with Crippen LogP contribution in [0.5, 0.6) is 0 Å². The normalized spacial score (nSPS) is 14.3. The fraction of sp³-hybridized carbons (Fsp3) is 0.500. The van der Waals surface area contributed by atoms with Gasteiger partial charge in [-0.1, -0.05) is 0 Å². The standard InChI is InChI=1S/C8H9BrN2O2/c1-13-8(12)6-5-3-2-4-11(5)10-7(6)9/h2-4H2,1H3. The number of aryl methyl sites for hydroxylation is 1. The van der Waals surface area contributed by atoms with Crippen LogP contribution in [0.4, 0.5) is 0 Å². The van der Waals surface area contributed by atoms with Crippen LogP contribution in [-0.4, -0.2) is 22.9 Å². The maximum Gasteiger partial charge on any atom is 0.342 e. The summed E-state index contributed by atoms with van der Waals surface area (Å²) in [6.07, 6.45) is 1.96. The summed E-state index contributed by atoms with van der Waals surface area (Å²) in [4.78, 5) is 11.3. The van der Waals surface area contributed by atoms with E-state index >= 15 is 0 Å². The van der Waals surface area contributed by atoms with Crippen LogP contribution in [0, 0.1) is 0 Å². The van der Waals surface area contributed by atoms with Crippen molar-refractivity contribution >= 4 is 21.9 Å². The molecule has 0 unspecified atom stereocenters. The van der Waals surface area contributed by atoms with Crippen LogP contribution in [0.2, 0.25) is 0 Å². The molecular weight excluding hydrogens is 236 g/mol. The number of fused-ring (bicyclic) bond motifs is 1. The highest BCUT2D eigenvalue weighted by Crippen LogP contribution is 2.26. The molecule has 0 N–H and O–H groups in total. The molecule has 0 aliphatic carbocycles. The van der Waals surface area contributed by atoms with Gasteiger partial charge in [0.15, 0.2) is 0 Å². The predicted molar refractivity (Wildman–Crippen MR) is 49.6 cm³/mol. The van der Waals surface area contributed by atoms with Crippen LogP contribution in [0.25, 0.3) is 0 Å². The summed E-state index contributed by atoms with van der Waals surface area (Å²) >= 11 is 3.25. The average Bonchev–Trinajstić information content (AvgIpc) is 2.62. The molecule has 2 heterocycles. The van der Waals surface area contributed by atoms with E-state index in [4.69, 9.17) is 0 Å². The lowest BCUT2D eigenvalue weighted by atomic mass is 10.2. The van der Waals surface area contributed by atoms with E-state index in [9.17, 15) is 4.79 Å². The molecule has 0 bridgehead atoms. The van der Waals surface area contributed by atoms with E-state index in [1.807, 2.05) is 4.68 Å². The minimum absolute atomic E-state index is 0.310. The number of hydrogen-bond donors (Lipinski definition) is 0. The van der Waals surface area contributed by atoms with E-state index in [2.05, 4.69) is 25.8 Å². The molecule has 0 spiro atoms. The van der Waals surface area contributed by atoms with Gasteiger partial charge in [-0.2, -0.15) is 5.10 Å². The van der Waals surface area contributed by atoms with Crippen molar-refractivity contribution in [3.8, 4) is 0 Å². The first kappa shape index (κ1) is 8.74. The van der Waals surface area contributed by atoms with Crippen molar-refractivity contribution in [3.63, 3.8) is 0 Å². The molecule has 13 heavy (non-hydrogen) atoms. The minimum Gasteiger partial charge on any atom is -0.465 e. The number of aromatic nitrogens is 2. The summed E-state index contributed by atoms with van der Waals surface area (Å²) in [5, 5.41) is 4.19. The van der Waals surface area contributed by atoms with Gasteiger partial charge in [-0.3, -0.25) is 4.68 Å². The maximum absolute atomic E-state index is 11.3. The van der Waals surface area contributed by atoms with E-state index in [-0.39, 0.29) is 5.97 Å². The van der Waals surface area contributed by atoms with Crippen molar-refractivity contribution in [3.05, 3.63) is 15.9 Å². The maximum atomic E-state index is 11.3. The minimum atomic E-state index is -0.310. The Labute approximate surface area is 84.0 Å². The van der Waals surface area contributed by atoms with Gasteiger partial charge in [0.05, 0.1) is 12.8 Å². The third kappa shape index (κ3) is 1.27. The second-order valence-corrected chi connectivity index (χ2v) is 3.68. The molecule has 1 aromatic heterocycles. The van der Waals surface area contributed by atoms with E-state index in [1.54, 1.807) is 0 Å². The summed E-state index contributed by atoms with van der Waals surface area (Å²) < 4.78 is 7.13. The van der Waals surface area contributed by atoms with Gasteiger partial charge < -0.3 is 4.74 Å². The molecule has 1 aliphatic heterocycles. The molecule has 5 heteroatoms. The quantitative estimate of drug-likeness (QED) is 0.702. The topological polar surface area (TPSA) is 44.1 Å². The van der Waals surface area contributed by atoms with Crippen molar-refractivity contribution < 1.29 is 9.53 Å². The van der Waals surface area contributed by atoms with Crippen LogP contribution < -0.4 is 0 Å². The summed E-state index contributed by atoms with van der Waals surface area (Å²) in [5.74, 6) is -0.310. The number of esters is 1. The lowest BCUT2D eigenvalue weighted by Crippen LogP contribution is -2.04. The zero-order valence-corrected chi connectivity index (χ0v) is 8.80. The molecule has 0 aromatic carbocycles. The molecule has 0 radical (unpaired) electrons. The van der Waals surface area contributed by atoms with E-state index in [0.29, 0.717) is 10.2 Å². The Bertz CT molecular complexity index is 359. The van der Waals surface area contributed by atoms with Gasteiger partial charge in [-0.15, -0.1) is 0 Å². The zero-order valence-electron chi connectivity index (χ0n) is 7.21. The van der Waals surface area contributed by atoms with Crippen LogP contribution in [0.3, 0.4) is 0 Å². The fourth-order valence-electron chi connectivity index (χ4n) is 1.60. The lowest BCUT2D eigenvalue weighted by Gasteiger charge is -1.97. The van der Waals surface area contributed by atoms with Gasteiger partial charge in [0, 0.05) is 6.54 Å². The molecule has 0 fully saturated rings. The van der Waals surface area contributed by atoms with Crippen LogP contribution in [0.1, 0.15) is 22.5 Å². The summed E-state index contributed by atoms with van der Waals surface area (Å²) in [7, 11) is 1.38. The number of methoxy groups -OCH3 is 1. The van der Waals surface area contributed by atoms with E-state index in [1.165, 1.54) is 7.11 Å². The molecular formula is C8H9BrN2O2.